The van der Waals surface area contributed by atoms with Crippen LogP contribution in [0.25, 0.3) is 0 Å². The first kappa shape index (κ1) is 18.9. The Labute approximate surface area is 126 Å². The van der Waals surface area contributed by atoms with Crippen LogP contribution in [0.2, 0.25) is 0 Å². The van der Waals surface area contributed by atoms with Gasteiger partial charge in [-0.3, -0.25) is 4.79 Å². The molecule has 1 rings (SSSR count). The third-order valence-corrected chi connectivity index (χ3v) is 4.59. The van der Waals surface area contributed by atoms with Gasteiger partial charge in [0.1, 0.15) is 0 Å². The van der Waals surface area contributed by atoms with Gasteiger partial charge in [0.05, 0.1) is 10.4 Å². The van der Waals surface area contributed by atoms with E-state index in [0.29, 0.717) is 0 Å². The molecule has 1 amide bonds. The molecule has 0 radical (unpaired) electrons. The van der Waals surface area contributed by atoms with Gasteiger partial charge in [0, 0.05) is 0 Å². The standard InChI is InChI=1S/C13H20N2O3S.ClH/c1-9(2)13(4,14)12(16)15-19(17,18)11-7-5-10(3)6-8-11;/h5-9H,14H2,1-4H3,(H,15,16);1H. The lowest BCUT2D eigenvalue weighted by molar-refractivity contribution is -0.125. The minimum absolute atomic E-state index is 0. The molecular weight excluding hydrogens is 300 g/mol. The maximum absolute atomic E-state index is 12.0. The molecular formula is C13H21ClN2O3S. The minimum Gasteiger partial charge on any atom is -0.317 e. The van der Waals surface area contributed by atoms with Gasteiger partial charge in [-0.25, -0.2) is 13.1 Å². The molecule has 114 valence electrons. The van der Waals surface area contributed by atoms with Crippen LogP contribution in [0.15, 0.2) is 29.2 Å². The van der Waals surface area contributed by atoms with Crippen molar-refractivity contribution in [1.82, 2.24) is 4.72 Å². The van der Waals surface area contributed by atoms with E-state index in [2.05, 4.69) is 0 Å². The zero-order valence-corrected chi connectivity index (χ0v) is 13.6. The molecule has 0 bridgehead atoms. The van der Waals surface area contributed by atoms with Gasteiger partial charge in [0.15, 0.2) is 0 Å². The van der Waals surface area contributed by atoms with Gasteiger partial charge >= 0.3 is 0 Å². The topological polar surface area (TPSA) is 89.3 Å². The van der Waals surface area contributed by atoms with Gasteiger partial charge in [-0.15, -0.1) is 12.4 Å². The molecule has 0 aromatic heterocycles. The molecule has 3 N–H and O–H groups in total. The van der Waals surface area contributed by atoms with Crippen molar-refractivity contribution in [3.63, 3.8) is 0 Å². The number of amides is 1. The van der Waals surface area contributed by atoms with Crippen LogP contribution in [-0.2, 0) is 14.8 Å². The van der Waals surface area contributed by atoms with Crippen LogP contribution in [0.4, 0.5) is 0 Å². The summed E-state index contributed by atoms with van der Waals surface area (Å²) in [5.41, 5.74) is 5.54. The first-order chi connectivity index (χ1) is 8.57. The molecule has 0 heterocycles. The number of nitrogens with one attached hydrogen (secondary N) is 1. The Kier molecular flexibility index (Phi) is 6.20. The van der Waals surface area contributed by atoms with E-state index in [-0.39, 0.29) is 23.2 Å². The molecule has 0 saturated carbocycles. The third kappa shape index (κ3) is 4.19. The fourth-order valence-electron chi connectivity index (χ4n) is 1.27. The first-order valence-corrected chi connectivity index (χ1v) is 7.48. The van der Waals surface area contributed by atoms with Crippen LogP contribution in [-0.4, -0.2) is 19.9 Å². The van der Waals surface area contributed by atoms with Crippen LogP contribution >= 0.6 is 12.4 Å². The molecule has 1 aromatic rings. The molecule has 0 aliphatic carbocycles. The number of aryl methyl sites for hydroxylation is 1. The average molecular weight is 321 g/mol. The lowest BCUT2D eigenvalue weighted by Gasteiger charge is -2.27. The molecule has 0 aliphatic heterocycles. The van der Waals surface area contributed by atoms with Crippen LogP contribution in [0, 0.1) is 12.8 Å². The zero-order chi connectivity index (χ0) is 14.8. The number of hydrogen-bond donors (Lipinski definition) is 2. The summed E-state index contributed by atoms with van der Waals surface area (Å²) in [5, 5.41) is 0. The number of carbonyl (C=O) groups excluding carboxylic acids is 1. The van der Waals surface area contributed by atoms with Crippen LogP contribution in [0.3, 0.4) is 0 Å². The van der Waals surface area contributed by atoms with E-state index in [9.17, 15) is 13.2 Å². The van der Waals surface area contributed by atoms with Crippen LogP contribution < -0.4 is 10.5 Å². The van der Waals surface area contributed by atoms with Crippen molar-refractivity contribution >= 4 is 28.3 Å². The van der Waals surface area contributed by atoms with Crippen LogP contribution in [0.5, 0.6) is 0 Å². The summed E-state index contributed by atoms with van der Waals surface area (Å²) in [5.74, 6) is -0.885. The van der Waals surface area contributed by atoms with Gasteiger partial charge in [-0.05, 0) is 31.9 Å². The predicted molar refractivity (Wildman–Crippen MR) is 81.2 cm³/mol. The van der Waals surface area contributed by atoms with Crippen LogP contribution in [0.1, 0.15) is 26.3 Å². The average Bonchev–Trinajstić information content (AvgIpc) is 2.28. The highest BCUT2D eigenvalue weighted by Crippen LogP contribution is 2.15. The number of carbonyl (C=O) groups is 1. The smallest absolute Gasteiger partial charge is 0.264 e. The quantitative estimate of drug-likeness (QED) is 0.881. The lowest BCUT2D eigenvalue weighted by Crippen LogP contribution is -2.56. The van der Waals surface area contributed by atoms with E-state index < -0.39 is 21.5 Å². The Morgan fingerprint density at radius 2 is 1.70 bits per heavy atom. The maximum Gasteiger partial charge on any atom is 0.264 e. The molecule has 0 saturated heterocycles. The zero-order valence-electron chi connectivity index (χ0n) is 12.0. The van der Waals surface area contributed by atoms with Gasteiger partial charge in [-0.1, -0.05) is 31.5 Å². The third-order valence-electron chi connectivity index (χ3n) is 3.25. The number of halogens is 1. The minimum atomic E-state index is -3.87. The molecule has 1 unspecified atom stereocenters. The van der Waals surface area contributed by atoms with E-state index >= 15 is 0 Å². The lowest BCUT2D eigenvalue weighted by atomic mass is 9.89. The van der Waals surface area contributed by atoms with E-state index in [0.717, 1.165) is 5.56 Å². The molecule has 0 fully saturated rings. The molecule has 20 heavy (non-hydrogen) atoms. The highest BCUT2D eigenvalue weighted by molar-refractivity contribution is 7.90. The second-order valence-electron chi connectivity index (χ2n) is 5.19. The molecule has 1 atom stereocenters. The van der Waals surface area contributed by atoms with E-state index in [1.165, 1.54) is 19.1 Å². The molecule has 7 heteroatoms. The summed E-state index contributed by atoms with van der Waals surface area (Å²) < 4.78 is 26.1. The SMILES string of the molecule is Cc1ccc(S(=O)(=O)NC(=O)C(C)(N)C(C)C)cc1.Cl. The van der Waals surface area contributed by atoms with Gasteiger partial charge in [-0.2, -0.15) is 0 Å². The second-order valence-corrected chi connectivity index (χ2v) is 6.87. The van der Waals surface area contributed by atoms with E-state index in [1.54, 1.807) is 26.0 Å². The Morgan fingerprint density at radius 3 is 2.10 bits per heavy atom. The molecule has 0 spiro atoms. The molecule has 1 aromatic carbocycles. The predicted octanol–water partition coefficient (Wildman–Crippen LogP) is 1.60. The number of benzene rings is 1. The van der Waals surface area contributed by atoms with Gasteiger partial charge in [0.2, 0.25) is 0 Å². The summed E-state index contributed by atoms with van der Waals surface area (Å²) in [6.07, 6.45) is 0. The number of sulfonamides is 1. The summed E-state index contributed by atoms with van der Waals surface area (Å²) in [6.45, 7) is 6.89. The Bertz CT molecular complexity index is 566. The fourth-order valence-corrected chi connectivity index (χ4v) is 2.35. The van der Waals surface area contributed by atoms with Gasteiger partial charge in [0.25, 0.3) is 15.9 Å². The Morgan fingerprint density at radius 1 is 1.25 bits per heavy atom. The van der Waals surface area contributed by atoms with Crippen molar-refractivity contribution in [2.24, 2.45) is 11.7 Å². The largest absolute Gasteiger partial charge is 0.317 e. The highest BCUT2D eigenvalue weighted by Gasteiger charge is 2.34. The first-order valence-electron chi connectivity index (χ1n) is 6.00. The Hall–Kier alpha value is -1.11. The number of hydrogen-bond acceptors (Lipinski definition) is 4. The Balaban J connectivity index is 0.00000361. The fraction of sp³-hybridized carbons (Fsp3) is 0.462. The molecule has 0 aliphatic rings. The maximum atomic E-state index is 12.0. The summed E-state index contributed by atoms with van der Waals surface area (Å²) >= 11 is 0. The van der Waals surface area contributed by atoms with Crippen molar-refractivity contribution in [2.45, 2.75) is 38.1 Å². The summed E-state index contributed by atoms with van der Waals surface area (Å²) in [6, 6.07) is 6.24. The summed E-state index contributed by atoms with van der Waals surface area (Å²) in [7, 11) is -3.87. The van der Waals surface area contributed by atoms with Crippen molar-refractivity contribution in [3.8, 4) is 0 Å². The summed E-state index contributed by atoms with van der Waals surface area (Å²) in [4.78, 5) is 12.0. The monoisotopic (exact) mass is 320 g/mol. The van der Waals surface area contributed by atoms with Gasteiger partial charge < -0.3 is 5.73 Å². The number of nitrogens with two attached hydrogens (primary N) is 1. The highest BCUT2D eigenvalue weighted by atomic mass is 35.5. The van der Waals surface area contributed by atoms with Crippen molar-refractivity contribution in [1.29, 1.82) is 0 Å². The van der Waals surface area contributed by atoms with Crippen molar-refractivity contribution in [2.75, 3.05) is 0 Å². The molecule has 5 nitrogen and oxygen atoms in total. The van der Waals surface area contributed by atoms with E-state index in [4.69, 9.17) is 5.73 Å². The van der Waals surface area contributed by atoms with Crippen molar-refractivity contribution in [3.05, 3.63) is 29.8 Å². The normalized spacial score (nSPS) is 14.3. The van der Waals surface area contributed by atoms with Crippen molar-refractivity contribution < 1.29 is 13.2 Å². The van der Waals surface area contributed by atoms with E-state index in [1.807, 2.05) is 11.6 Å². The number of rotatable bonds is 4. The second kappa shape index (κ2) is 6.56.